The van der Waals surface area contributed by atoms with Gasteiger partial charge in [-0.25, -0.2) is 8.42 Å². The molecule has 0 aliphatic rings. The maximum absolute atomic E-state index is 12.6. The summed E-state index contributed by atoms with van der Waals surface area (Å²) in [6, 6.07) is 13.3. The van der Waals surface area contributed by atoms with Gasteiger partial charge in [-0.05, 0) is 55.8 Å². The number of nitrogens with zero attached hydrogens (tertiary/aromatic N) is 1. The van der Waals surface area contributed by atoms with Gasteiger partial charge in [0.05, 0.1) is 17.5 Å². The third kappa shape index (κ3) is 5.11. The average molecular weight is 405 g/mol. The monoisotopic (exact) mass is 404 g/mol. The Labute approximate surface area is 167 Å². The highest BCUT2D eigenvalue weighted by Gasteiger charge is 2.21. The van der Waals surface area contributed by atoms with E-state index in [-0.39, 0.29) is 16.8 Å². The molecule has 0 bridgehead atoms. The number of sulfonamides is 1. The Bertz CT molecular complexity index is 874. The van der Waals surface area contributed by atoms with Gasteiger partial charge >= 0.3 is 0 Å². The first-order chi connectivity index (χ1) is 13.3. The lowest BCUT2D eigenvalue weighted by Gasteiger charge is -2.19. The highest BCUT2D eigenvalue weighted by Crippen LogP contribution is 2.20. The molecule has 1 N–H and O–H groups in total. The molecule has 0 radical (unpaired) electrons. The number of carbonyl (C=O) groups excluding carboxylic acids is 1. The SMILES string of the molecule is CCOc1ccc(C(=O)N[C@H](C)c2ccc(S(=O)(=O)N(CC)CC)cc2)cc1. The number of hydrogen-bond donors (Lipinski definition) is 1. The predicted octanol–water partition coefficient (Wildman–Crippen LogP) is 3.61. The molecule has 0 aliphatic carbocycles. The quantitative estimate of drug-likeness (QED) is 0.693. The van der Waals surface area contributed by atoms with Gasteiger partial charge < -0.3 is 10.1 Å². The zero-order valence-electron chi connectivity index (χ0n) is 16.8. The Balaban J connectivity index is 2.08. The number of ether oxygens (including phenoxy) is 1. The highest BCUT2D eigenvalue weighted by molar-refractivity contribution is 7.89. The molecule has 1 amide bonds. The lowest BCUT2D eigenvalue weighted by atomic mass is 10.1. The second kappa shape index (κ2) is 9.71. The van der Waals surface area contributed by atoms with Crippen molar-refractivity contribution in [2.45, 2.75) is 38.6 Å². The van der Waals surface area contributed by atoms with Crippen LogP contribution in [-0.2, 0) is 10.0 Å². The third-order valence-corrected chi connectivity index (χ3v) is 6.56. The van der Waals surface area contributed by atoms with E-state index in [0.29, 0.717) is 25.3 Å². The summed E-state index contributed by atoms with van der Waals surface area (Å²) in [6.07, 6.45) is 0. The first-order valence-electron chi connectivity index (χ1n) is 9.47. The van der Waals surface area contributed by atoms with Crippen LogP contribution in [0.5, 0.6) is 5.75 Å². The maximum Gasteiger partial charge on any atom is 0.251 e. The minimum absolute atomic E-state index is 0.199. The molecule has 0 aliphatic heterocycles. The number of benzene rings is 2. The number of hydrogen-bond acceptors (Lipinski definition) is 4. The van der Waals surface area contributed by atoms with E-state index >= 15 is 0 Å². The molecule has 28 heavy (non-hydrogen) atoms. The number of carbonyl (C=O) groups is 1. The molecule has 0 aromatic heterocycles. The number of rotatable bonds is 9. The Morgan fingerprint density at radius 1 is 1.00 bits per heavy atom. The molecule has 2 aromatic rings. The van der Waals surface area contributed by atoms with E-state index in [1.807, 2.05) is 27.7 Å². The van der Waals surface area contributed by atoms with Gasteiger partial charge in [0.1, 0.15) is 5.75 Å². The van der Waals surface area contributed by atoms with Crippen molar-refractivity contribution in [3.05, 3.63) is 59.7 Å². The van der Waals surface area contributed by atoms with Crippen LogP contribution in [0.2, 0.25) is 0 Å². The summed E-state index contributed by atoms with van der Waals surface area (Å²) in [7, 11) is -3.48. The van der Waals surface area contributed by atoms with Gasteiger partial charge in [0.15, 0.2) is 0 Å². The third-order valence-electron chi connectivity index (χ3n) is 4.50. The molecule has 0 saturated heterocycles. The van der Waals surface area contributed by atoms with Crippen LogP contribution < -0.4 is 10.1 Å². The maximum atomic E-state index is 12.6. The Hall–Kier alpha value is -2.38. The molecule has 2 rings (SSSR count). The fraction of sp³-hybridized carbons (Fsp3) is 0.381. The van der Waals surface area contributed by atoms with Crippen molar-refractivity contribution in [2.75, 3.05) is 19.7 Å². The van der Waals surface area contributed by atoms with Crippen molar-refractivity contribution in [2.24, 2.45) is 0 Å². The van der Waals surface area contributed by atoms with Gasteiger partial charge in [0, 0.05) is 18.7 Å². The van der Waals surface area contributed by atoms with Crippen LogP contribution >= 0.6 is 0 Å². The van der Waals surface area contributed by atoms with Crippen molar-refractivity contribution in [3.63, 3.8) is 0 Å². The lowest BCUT2D eigenvalue weighted by Crippen LogP contribution is -2.30. The molecule has 0 spiro atoms. The van der Waals surface area contributed by atoms with E-state index in [1.54, 1.807) is 48.5 Å². The fourth-order valence-corrected chi connectivity index (χ4v) is 4.33. The van der Waals surface area contributed by atoms with E-state index in [9.17, 15) is 13.2 Å². The van der Waals surface area contributed by atoms with Crippen molar-refractivity contribution >= 4 is 15.9 Å². The van der Waals surface area contributed by atoms with E-state index in [4.69, 9.17) is 4.74 Å². The van der Waals surface area contributed by atoms with Gasteiger partial charge in [-0.1, -0.05) is 26.0 Å². The molecule has 0 fully saturated rings. The van der Waals surface area contributed by atoms with E-state index in [1.165, 1.54) is 4.31 Å². The molecule has 7 heteroatoms. The zero-order chi connectivity index (χ0) is 20.7. The predicted molar refractivity (Wildman–Crippen MR) is 110 cm³/mol. The summed E-state index contributed by atoms with van der Waals surface area (Å²) >= 11 is 0. The number of nitrogens with one attached hydrogen (secondary N) is 1. The molecule has 1 atom stereocenters. The first kappa shape index (κ1) is 21.9. The van der Waals surface area contributed by atoms with E-state index in [0.717, 1.165) is 11.3 Å². The van der Waals surface area contributed by atoms with Gasteiger partial charge in [0.25, 0.3) is 5.91 Å². The van der Waals surface area contributed by atoms with Crippen molar-refractivity contribution < 1.29 is 17.9 Å². The van der Waals surface area contributed by atoms with Crippen LogP contribution in [0, 0.1) is 0 Å². The molecule has 0 saturated carbocycles. The second-order valence-electron chi connectivity index (χ2n) is 6.31. The standard InChI is InChI=1S/C21H28N2O4S/c1-5-23(6-2)28(25,26)20-14-10-17(11-15-20)16(4)22-21(24)18-8-12-19(13-9-18)27-7-3/h8-16H,5-7H2,1-4H3,(H,22,24)/t16-/m1/s1. The summed E-state index contributed by atoms with van der Waals surface area (Å²) in [5, 5.41) is 2.93. The van der Waals surface area contributed by atoms with Gasteiger partial charge in [-0.2, -0.15) is 4.31 Å². The topological polar surface area (TPSA) is 75.7 Å². The summed E-state index contributed by atoms with van der Waals surface area (Å²) in [5.41, 5.74) is 1.37. The van der Waals surface area contributed by atoms with Crippen LogP contribution in [-0.4, -0.2) is 38.3 Å². The van der Waals surface area contributed by atoms with Crippen LogP contribution in [0.25, 0.3) is 0 Å². The Kier molecular flexibility index (Phi) is 7.60. The van der Waals surface area contributed by atoms with Crippen LogP contribution in [0.3, 0.4) is 0 Å². The Morgan fingerprint density at radius 3 is 2.07 bits per heavy atom. The summed E-state index contributed by atoms with van der Waals surface area (Å²) < 4.78 is 31.9. The molecule has 6 nitrogen and oxygen atoms in total. The smallest absolute Gasteiger partial charge is 0.251 e. The van der Waals surface area contributed by atoms with E-state index < -0.39 is 10.0 Å². The number of amides is 1. The molecule has 0 unspecified atom stereocenters. The minimum atomic E-state index is -3.48. The molecular formula is C21H28N2O4S. The summed E-state index contributed by atoms with van der Waals surface area (Å²) in [5.74, 6) is 0.521. The Morgan fingerprint density at radius 2 is 1.57 bits per heavy atom. The molecule has 152 valence electrons. The molecule has 2 aromatic carbocycles. The van der Waals surface area contributed by atoms with Crippen LogP contribution in [0.15, 0.2) is 53.4 Å². The summed E-state index contributed by atoms with van der Waals surface area (Å²) in [4.78, 5) is 12.7. The van der Waals surface area contributed by atoms with Gasteiger partial charge in [0.2, 0.25) is 10.0 Å². The summed E-state index contributed by atoms with van der Waals surface area (Å²) in [6.45, 7) is 8.82. The lowest BCUT2D eigenvalue weighted by molar-refractivity contribution is 0.0940. The van der Waals surface area contributed by atoms with Gasteiger partial charge in [-0.15, -0.1) is 0 Å². The van der Waals surface area contributed by atoms with Crippen LogP contribution in [0.4, 0.5) is 0 Å². The second-order valence-corrected chi connectivity index (χ2v) is 8.25. The largest absolute Gasteiger partial charge is 0.494 e. The van der Waals surface area contributed by atoms with Gasteiger partial charge in [-0.3, -0.25) is 4.79 Å². The molecular weight excluding hydrogens is 376 g/mol. The minimum Gasteiger partial charge on any atom is -0.494 e. The molecule has 0 heterocycles. The van der Waals surface area contributed by atoms with E-state index in [2.05, 4.69) is 5.32 Å². The fourth-order valence-electron chi connectivity index (χ4n) is 2.87. The van der Waals surface area contributed by atoms with Crippen molar-refractivity contribution in [3.8, 4) is 5.75 Å². The zero-order valence-corrected chi connectivity index (χ0v) is 17.6. The van der Waals surface area contributed by atoms with Crippen LogP contribution in [0.1, 0.15) is 49.7 Å². The highest BCUT2D eigenvalue weighted by atomic mass is 32.2. The average Bonchev–Trinajstić information content (AvgIpc) is 2.69. The van der Waals surface area contributed by atoms with Crippen molar-refractivity contribution in [1.82, 2.24) is 9.62 Å². The van der Waals surface area contributed by atoms with Crippen molar-refractivity contribution in [1.29, 1.82) is 0 Å². The normalized spacial score (nSPS) is 12.6. The first-order valence-corrected chi connectivity index (χ1v) is 10.9.